The lowest BCUT2D eigenvalue weighted by molar-refractivity contribution is 0.570. The molecule has 0 spiro atoms. The van der Waals surface area contributed by atoms with E-state index in [4.69, 9.17) is 5.84 Å². The molecule has 0 fully saturated rings. The van der Waals surface area contributed by atoms with Gasteiger partial charge in [0.15, 0.2) is 0 Å². The van der Waals surface area contributed by atoms with Crippen molar-refractivity contribution in [1.29, 1.82) is 0 Å². The molecule has 1 heterocycles. The quantitative estimate of drug-likeness (QED) is 0.485. The van der Waals surface area contributed by atoms with Crippen LogP contribution in [0.3, 0.4) is 0 Å². The van der Waals surface area contributed by atoms with Crippen molar-refractivity contribution >= 4 is 23.1 Å². The minimum absolute atomic E-state index is 0.247. The number of nitrogens with one attached hydrogen (secondary N) is 1. The molecule has 1 aromatic carbocycles. The number of rotatable bonds is 6. The summed E-state index contributed by atoms with van der Waals surface area (Å²) in [7, 11) is 0. The highest BCUT2D eigenvalue weighted by Crippen LogP contribution is 2.19. The zero-order valence-electron chi connectivity index (χ0n) is 10.3. The molecular formula is C13H17N3S2. The van der Waals surface area contributed by atoms with Crippen molar-refractivity contribution in [1.82, 2.24) is 10.4 Å². The van der Waals surface area contributed by atoms with Crippen molar-refractivity contribution in [2.75, 3.05) is 5.75 Å². The van der Waals surface area contributed by atoms with Gasteiger partial charge in [0.1, 0.15) is 0 Å². The molecular weight excluding hydrogens is 262 g/mol. The molecule has 2 aromatic rings. The Morgan fingerprint density at radius 2 is 2.17 bits per heavy atom. The predicted octanol–water partition coefficient (Wildman–Crippen LogP) is 2.62. The zero-order valence-corrected chi connectivity index (χ0v) is 11.9. The molecule has 0 amide bonds. The molecule has 0 saturated heterocycles. The van der Waals surface area contributed by atoms with Gasteiger partial charge in [-0.15, -0.1) is 23.1 Å². The van der Waals surface area contributed by atoms with Crippen LogP contribution in [0, 0.1) is 6.92 Å². The maximum absolute atomic E-state index is 5.60. The van der Waals surface area contributed by atoms with Gasteiger partial charge in [-0.2, -0.15) is 0 Å². The van der Waals surface area contributed by atoms with E-state index < -0.39 is 0 Å². The van der Waals surface area contributed by atoms with Crippen LogP contribution in [0.2, 0.25) is 0 Å². The van der Waals surface area contributed by atoms with Gasteiger partial charge in [0.05, 0.1) is 10.7 Å². The van der Waals surface area contributed by atoms with Crippen LogP contribution in [-0.4, -0.2) is 16.8 Å². The minimum Gasteiger partial charge on any atom is -0.271 e. The molecule has 0 aliphatic heterocycles. The number of hydrogen-bond donors (Lipinski definition) is 2. The van der Waals surface area contributed by atoms with Crippen LogP contribution in [0.15, 0.2) is 40.6 Å². The first-order valence-electron chi connectivity index (χ1n) is 5.83. The number of hydrazine groups is 1. The summed E-state index contributed by atoms with van der Waals surface area (Å²) in [6, 6.07) is 10.6. The molecule has 1 atom stereocenters. The smallest absolute Gasteiger partial charge is 0.0897 e. The highest BCUT2D eigenvalue weighted by atomic mass is 32.2. The number of aryl methyl sites for hydroxylation is 1. The largest absolute Gasteiger partial charge is 0.271 e. The summed E-state index contributed by atoms with van der Waals surface area (Å²) < 4.78 is 0. The molecule has 0 radical (unpaired) electrons. The maximum Gasteiger partial charge on any atom is 0.0897 e. The molecule has 0 aliphatic rings. The highest BCUT2D eigenvalue weighted by molar-refractivity contribution is 7.99. The second-order valence-corrected chi connectivity index (χ2v) is 6.21. The Balaban J connectivity index is 1.86. The monoisotopic (exact) mass is 279 g/mol. The maximum atomic E-state index is 5.60. The van der Waals surface area contributed by atoms with E-state index in [1.165, 1.54) is 4.90 Å². The van der Waals surface area contributed by atoms with Crippen LogP contribution in [-0.2, 0) is 6.42 Å². The number of hydrogen-bond acceptors (Lipinski definition) is 5. The van der Waals surface area contributed by atoms with Crippen LogP contribution >= 0.6 is 23.1 Å². The predicted molar refractivity (Wildman–Crippen MR) is 78.8 cm³/mol. The van der Waals surface area contributed by atoms with E-state index in [0.717, 1.165) is 22.9 Å². The average Bonchev–Trinajstić information content (AvgIpc) is 2.81. The topological polar surface area (TPSA) is 50.9 Å². The Morgan fingerprint density at radius 1 is 1.39 bits per heavy atom. The summed E-state index contributed by atoms with van der Waals surface area (Å²) in [5.74, 6) is 6.55. The van der Waals surface area contributed by atoms with Gasteiger partial charge < -0.3 is 0 Å². The van der Waals surface area contributed by atoms with Crippen LogP contribution in [0.25, 0.3) is 0 Å². The molecule has 3 nitrogen and oxygen atoms in total. The third kappa shape index (κ3) is 4.10. The summed E-state index contributed by atoms with van der Waals surface area (Å²) in [5.41, 5.74) is 3.99. The first-order chi connectivity index (χ1) is 8.78. The molecule has 0 bridgehead atoms. The number of aromatic nitrogens is 1. The van der Waals surface area contributed by atoms with Crippen molar-refractivity contribution in [3.05, 3.63) is 46.4 Å². The average molecular weight is 279 g/mol. The molecule has 18 heavy (non-hydrogen) atoms. The SMILES string of the molecule is Cc1nc(CC(CSc2ccccc2)NN)cs1. The summed E-state index contributed by atoms with van der Waals surface area (Å²) in [6.45, 7) is 2.03. The van der Waals surface area contributed by atoms with E-state index in [2.05, 4.69) is 40.1 Å². The standard InChI is InChI=1S/C13H17N3S2/c1-10-15-11(8-17-10)7-12(16-14)9-18-13-5-3-2-4-6-13/h2-6,8,12,16H,7,9,14H2,1H3. The lowest BCUT2D eigenvalue weighted by Crippen LogP contribution is -2.38. The Labute approximate surface area is 116 Å². The number of nitrogens with zero attached hydrogens (tertiary/aromatic N) is 1. The normalized spacial score (nSPS) is 12.6. The lowest BCUT2D eigenvalue weighted by atomic mass is 10.2. The summed E-state index contributed by atoms with van der Waals surface area (Å²) in [5, 5.41) is 3.21. The van der Waals surface area contributed by atoms with E-state index in [-0.39, 0.29) is 6.04 Å². The minimum atomic E-state index is 0.247. The van der Waals surface area contributed by atoms with Crippen LogP contribution in [0.4, 0.5) is 0 Å². The molecule has 2 rings (SSSR count). The first-order valence-corrected chi connectivity index (χ1v) is 7.69. The molecule has 96 valence electrons. The van der Waals surface area contributed by atoms with Gasteiger partial charge in [0.25, 0.3) is 0 Å². The molecule has 0 aliphatic carbocycles. The van der Waals surface area contributed by atoms with Gasteiger partial charge in [0.2, 0.25) is 0 Å². The van der Waals surface area contributed by atoms with Crippen molar-refractivity contribution in [3.63, 3.8) is 0 Å². The fourth-order valence-electron chi connectivity index (χ4n) is 1.63. The zero-order chi connectivity index (χ0) is 12.8. The Bertz CT molecular complexity index is 470. The molecule has 1 unspecified atom stereocenters. The van der Waals surface area contributed by atoms with Crippen LogP contribution in [0.1, 0.15) is 10.7 Å². The van der Waals surface area contributed by atoms with E-state index >= 15 is 0 Å². The van der Waals surface area contributed by atoms with Crippen molar-refractivity contribution in [2.24, 2.45) is 5.84 Å². The third-order valence-electron chi connectivity index (χ3n) is 2.55. The van der Waals surface area contributed by atoms with Crippen molar-refractivity contribution in [3.8, 4) is 0 Å². The van der Waals surface area contributed by atoms with Crippen LogP contribution < -0.4 is 11.3 Å². The Kier molecular flexibility index (Phi) is 5.19. The number of thiazole rings is 1. The molecule has 3 N–H and O–H groups in total. The Hall–Kier alpha value is -0.880. The second kappa shape index (κ2) is 6.89. The van der Waals surface area contributed by atoms with Gasteiger partial charge in [-0.1, -0.05) is 18.2 Å². The first kappa shape index (κ1) is 13.5. The lowest BCUT2D eigenvalue weighted by Gasteiger charge is -2.14. The van der Waals surface area contributed by atoms with Gasteiger partial charge in [0, 0.05) is 28.5 Å². The number of nitrogens with two attached hydrogens (primary N) is 1. The van der Waals surface area contributed by atoms with Crippen LogP contribution in [0.5, 0.6) is 0 Å². The fourth-order valence-corrected chi connectivity index (χ4v) is 3.22. The summed E-state index contributed by atoms with van der Waals surface area (Å²) >= 11 is 3.50. The van der Waals surface area contributed by atoms with Gasteiger partial charge in [-0.05, 0) is 19.1 Å². The van der Waals surface area contributed by atoms with Gasteiger partial charge >= 0.3 is 0 Å². The van der Waals surface area contributed by atoms with E-state index in [9.17, 15) is 0 Å². The van der Waals surface area contributed by atoms with Crippen molar-refractivity contribution < 1.29 is 0 Å². The number of thioether (sulfide) groups is 1. The van der Waals surface area contributed by atoms with Gasteiger partial charge in [-0.25, -0.2) is 4.98 Å². The Morgan fingerprint density at radius 3 is 2.78 bits per heavy atom. The second-order valence-electron chi connectivity index (χ2n) is 4.05. The van der Waals surface area contributed by atoms with E-state index in [0.29, 0.717) is 0 Å². The fraction of sp³-hybridized carbons (Fsp3) is 0.308. The highest BCUT2D eigenvalue weighted by Gasteiger charge is 2.10. The number of benzene rings is 1. The summed E-state index contributed by atoms with van der Waals surface area (Å²) in [6.07, 6.45) is 0.876. The molecule has 5 heteroatoms. The molecule has 0 saturated carbocycles. The summed E-state index contributed by atoms with van der Waals surface area (Å²) in [4.78, 5) is 5.74. The molecule has 1 aromatic heterocycles. The van der Waals surface area contributed by atoms with Crippen molar-refractivity contribution in [2.45, 2.75) is 24.3 Å². The van der Waals surface area contributed by atoms with E-state index in [1.54, 1.807) is 11.3 Å². The van der Waals surface area contributed by atoms with E-state index in [1.807, 2.05) is 24.8 Å². The third-order valence-corrected chi connectivity index (χ3v) is 4.55. The van der Waals surface area contributed by atoms with Gasteiger partial charge in [-0.3, -0.25) is 11.3 Å².